The molecule has 1 saturated carbocycles. The number of hydrazine groups is 1. The summed E-state index contributed by atoms with van der Waals surface area (Å²) in [5.41, 5.74) is -1.79. The SMILES string of the molecule is C=C1C=C(C(F)(F)F)N(N)C(=O)N1c1cc(C)c(Cl)cc1F.CC(=S)C(C)OC(=O)C1(C)CC1. The van der Waals surface area contributed by atoms with Gasteiger partial charge in [0.2, 0.25) is 0 Å². The van der Waals surface area contributed by atoms with Gasteiger partial charge in [-0.2, -0.15) is 13.2 Å². The number of carbonyl (C=O) groups is 2. The summed E-state index contributed by atoms with van der Waals surface area (Å²) in [6.07, 6.45) is -2.59. The van der Waals surface area contributed by atoms with Crippen LogP contribution in [0.15, 0.2) is 36.2 Å². The predicted molar refractivity (Wildman–Crippen MR) is 124 cm³/mol. The Morgan fingerprint density at radius 1 is 1.35 bits per heavy atom. The lowest BCUT2D eigenvalue weighted by atomic mass is 10.1. The van der Waals surface area contributed by atoms with Crippen molar-refractivity contribution < 1.29 is 31.9 Å². The van der Waals surface area contributed by atoms with Gasteiger partial charge in [-0.15, -0.1) is 0 Å². The number of hydrogen-bond acceptors (Lipinski definition) is 5. The van der Waals surface area contributed by atoms with E-state index in [1.54, 1.807) is 13.8 Å². The molecular formula is C22H24ClF4N3O3S. The fourth-order valence-corrected chi connectivity index (χ4v) is 2.89. The van der Waals surface area contributed by atoms with Crippen molar-refractivity contribution in [3.8, 4) is 0 Å². The van der Waals surface area contributed by atoms with Gasteiger partial charge in [0.25, 0.3) is 0 Å². The highest BCUT2D eigenvalue weighted by Crippen LogP contribution is 2.46. The lowest BCUT2D eigenvalue weighted by Gasteiger charge is -2.34. The number of nitrogens with zero attached hydrogens (tertiary/aromatic N) is 2. The summed E-state index contributed by atoms with van der Waals surface area (Å²) in [4.78, 5) is 24.8. The normalized spacial score (nSPS) is 18.0. The average molecular weight is 522 g/mol. The minimum absolute atomic E-state index is 0.0980. The van der Waals surface area contributed by atoms with Crippen LogP contribution in [0.25, 0.3) is 0 Å². The zero-order chi connectivity index (χ0) is 26.2. The molecule has 2 N–H and O–H groups in total. The standard InChI is InChI=1S/C13H10ClF4N3O.C9H14O2S/c1-6-3-10(9(15)5-8(6)14)20-7(2)4-11(13(16,17)18)21(19)12(20)22;1-6(7(2)12)11-8(10)9(3)4-5-9/h3-5H,2,19H2,1H3;6H,4-5H2,1-3H3. The molecule has 34 heavy (non-hydrogen) atoms. The van der Waals surface area contributed by atoms with Crippen LogP contribution in [0, 0.1) is 18.2 Å². The second-order valence-corrected chi connectivity index (χ2v) is 9.33. The molecule has 2 amide bonds. The minimum atomic E-state index is -4.84. The second-order valence-electron chi connectivity index (χ2n) is 8.28. The van der Waals surface area contributed by atoms with Gasteiger partial charge in [-0.05, 0) is 64.3 Å². The molecule has 0 aromatic heterocycles. The van der Waals surface area contributed by atoms with E-state index in [0.29, 0.717) is 16.5 Å². The van der Waals surface area contributed by atoms with Crippen LogP contribution in [0.1, 0.15) is 39.2 Å². The third-order valence-electron chi connectivity index (χ3n) is 5.36. The number of esters is 1. The van der Waals surface area contributed by atoms with E-state index in [1.165, 1.54) is 6.07 Å². The molecule has 1 unspecified atom stereocenters. The molecule has 1 aromatic carbocycles. The quantitative estimate of drug-likeness (QED) is 0.174. The van der Waals surface area contributed by atoms with Crippen molar-refractivity contribution in [1.29, 1.82) is 0 Å². The number of ether oxygens (including phenoxy) is 1. The first-order valence-corrected chi connectivity index (χ1v) is 10.8. The van der Waals surface area contributed by atoms with E-state index in [1.807, 2.05) is 13.8 Å². The number of hydrogen-bond donors (Lipinski definition) is 1. The van der Waals surface area contributed by atoms with Crippen LogP contribution in [0.3, 0.4) is 0 Å². The number of anilines is 1. The molecule has 3 rings (SSSR count). The van der Waals surface area contributed by atoms with Crippen LogP contribution in [0.4, 0.5) is 28.0 Å². The lowest BCUT2D eigenvalue weighted by molar-refractivity contribution is -0.151. The summed E-state index contributed by atoms with van der Waals surface area (Å²) >= 11 is 10.7. The zero-order valence-electron chi connectivity index (χ0n) is 18.9. The molecule has 6 nitrogen and oxygen atoms in total. The van der Waals surface area contributed by atoms with E-state index >= 15 is 0 Å². The highest BCUT2D eigenvalue weighted by atomic mass is 35.5. The maximum atomic E-state index is 14.0. The van der Waals surface area contributed by atoms with Gasteiger partial charge in [-0.1, -0.05) is 30.4 Å². The maximum absolute atomic E-state index is 14.0. The first kappa shape index (κ1) is 27.7. The summed E-state index contributed by atoms with van der Waals surface area (Å²) in [7, 11) is 0. The highest BCUT2D eigenvalue weighted by molar-refractivity contribution is 7.80. The number of amides is 2. The number of halogens is 5. The Bertz CT molecular complexity index is 1070. The van der Waals surface area contributed by atoms with E-state index in [-0.39, 0.29) is 38.9 Å². The zero-order valence-corrected chi connectivity index (χ0v) is 20.5. The molecule has 0 radical (unpaired) electrons. The number of urea groups is 1. The molecule has 1 atom stereocenters. The van der Waals surface area contributed by atoms with Crippen LogP contribution in [-0.2, 0) is 9.53 Å². The van der Waals surface area contributed by atoms with Crippen molar-refractivity contribution in [1.82, 2.24) is 5.01 Å². The largest absolute Gasteiger partial charge is 0.457 e. The average Bonchev–Trinajstić information content (AvgIpc) is 3.47. The smallest absolute Gasteiger partial charge is 0.433 e. The number of allylic oxidation sites excluding steroid dienone is 2. The Labute approximate surface area is 204 Å². The van der Waals surface area contributed by atoms with Gasteiger partial charge < -0.3 is 4.74 Å². The first-order valence-electron chi connectivity index (χ1n) is 10.0. The van der Waals surface area contributed by atoms with Gasteiger partial charge in [-0.3, -0.25) is 9.69 Å². The van der Waals surface area contributed by atoms with Gasteiger partial charge in [0, 0.05) is 15.6 Å². The fraction of sp³-hybridized carbons (Fsp3) is 0.409. The number of nitrogens with two attached hydrogens (primary N) is 1. The van der Waals surface area contributed by atoms with Gasteiger partial charge >= 0.3 is 18.2 Å². The molecule has 0 saturated heterocycles. The predicted octanol–water partition coefficient (Wildman–Crippen LogP) is 5.97. The molecule has 1 heterocycles. The third-order valence-corrected chi connectivity index (χ3v) is 6.10. The van der Waals surface area contributed by atoms with Gasteiger partial charge in [-0.25, -0.2) is 20.0 Å². The van der Waals surface area contributed by atoms with Gasteiger partial charge in [0.05, 0.1) is 11.1 Å². The molecule has 1 aromatic rings. The van der Waals surface area contributed by atoms with E-state index in [9.17, 15) is 27.2 Å². The lowest BCUT2D eigenvalue weighted by Crippen LogP contribution is -2.52. The van der Waals surface area contributed by atoms with Crippen molar-refractivity contribution in [3.63, 3.8) is 0 Å². The topological polar surface area (TPSA) is 75.9 Å². The summed E-state index contributed by atoms with van der Waals surface area (Å²) in [5.74, 6) is 4.20. The molecule has 0 spiro atoms. The van der Waals surface area contributed by atoms with Crippen molar-refractivity contribution >= 4 is 46.4 Å². The maximum Gasteiger partial charge on any atom is 0.433 e. The Kier molecular flexibility index (Phi) is 8.17. The molecule has 1 aliphatic carbocycles. The molecule has 2 aliphatic rings. The monoisotopic (exact) mass is 521 g/mol. The van der Waals surface area contributed by atoms with E-state index < -0.39 is 23.7 Å². The van der Waals surface area contributed by atoms with Crippen molar-refractivity contribution in [2.75, 3.05) is 4.90 Å². The van der Waals surface area contributed by atoms with Gasteiger partial charge in [0.1, 0.15) is 17.6 Å². The molecule has 1 fully saturated rings. The van der Waals surface area contributed by atoms with E-state index in [0.717, 1.165) is 23.8 Å². The number of aryl methyl sites for hydroxylation is 1. The summed E-state index contributed by atoms with van der Waals surface area (Å²) in [5, 5.41) is 0.0189. The minimum Gasteiger partial charge on any atom is -0.457 e. The van der Waals surface area contributed by atoms with Crippen LogP contribution in [-0.4, -0.2) is 34.2 Å². The Hall–Kier alpha value is -2.50. The highest BCUT2D eigenvalue weighted by Gasteiger charge is 2.47. The van der Waals surface area contributed by atoms with E-state index in [4.69, 9.17) is 34.4 Å². The molecular weight excluding hydrogens is 498 g/mol. The number of alkyl halides is 3. The second kappa shape index (κ2) is 10.0. The summed E-state index contributed by atoms with van der Waals surface area (Å²) in [6, 6.07) is 0.901. The van der Waals surface area contributed by atoms with Crippen molar-refractivity contribution in [2.24, 2.45) is 11.3 Å². The Balaban J connectivity index is 0.000000287. The van der Waals surface area contributed by atoms with Gasteiger partial charge in [0.15, 0.2) is 0 Å². The Morgan fingerprint density at radius 3 is 2.38 bits per heavy atom. The molecule has 12 heteroatoms. The number of rotatable bonds is 4. The molecule has 1 aliphatic heterocycles. The van der Waals surface area contributed by atoms with Crippen LogP contribution < -0.4 is 10.7 Å². The third kappa shape index (κ3) is 6.13. The van der Waals surface area contributed by atoms with Crippen molar-refractivity contribution in [3.05, 3.63) is 52.6 Å². The van der Waals surface area contributed by atoms with E-state index in [2.05, 4.69) is 6.58 Å². The first-order chi connectivity index (χ1) is 15.5. The number of thiocarbonyl (C=S) groups is 1. The number of benzene rings is 1. The van der Waals surface area contributed by atoms with Crippen LogP contribution >= 0.6 is 23.8 Å². The molecule has 186 valence electrons. The number of carbonyl (C=O) groups excluding carboxylic acids is 2. The summed E-state index contributed by atoms with van der Waals surface area (Å²) in [6.45, 7) is 10.5. The molecule has 0 bridgehead atoms. The van der Waals surface area contributed by atoms with Crippen LogP contribution in [0.2, 0.25) is 5.02 Å². The Morgan fingerprint density at radius 2 is 1.91 bits per heavy atom. The van der Waals surface area contributed by atoms with Crippen LogP contribution in [0.5, 0.6) is 0 Å². The summed E-state index contributed by atoms with van der Waals surface area (Å²) < 4.78 is 57.5. The van der Waals surface area contributed by atoms with Crippen molar-refractivity contribution in [2.45, 2.75) is 52.8 Å². The fourth-order valence-electron chi connectivity index (χ4n) is 2.69.